The molecule has 1 aromatic rings. The zero-order chi connectivity index (χ0) is 14.3. The van der Waals surface area contributed by atoms with E-state index >= 15 is 0 Å². The molecule has 0 heterocycles. The molecule has 0 bridgehead atoms. The maximum Gasteiger partial charge on any atom is 0.224 e. The molecule has 0 spiro atoms. The monoisotopic (exact) mass is 259 g/mol. The van der Waals surface area contributed by atoms with Crippen LogP contribution in [-0.2, 0) is 4.79 Å². The molecule has 19 heavy (non-hydrogen) atoms. The van der Waals surface area contributed by atoms with E-state index in [9.17, 15) is 4.79 Å². The van der Waals surface area contributed by atoms with Crippen LogP contribution in [0.15, 0.2) is 18.2 Å². The van der Waals surface area contributed by atoms with Crippen molar-refractivity contribution in [3.8, 4) is 6.07 Å². The number of carbonyl (C=O) groups is 1. The SMILES string of the molecule is CCN(CC)C(=O)CCNc1c(C)cccc1C#N. The summed E-state index contributed by atoms with van der Waals surface area (Å²) >= 11 is 0. The maximum atomic E-state index is 11.9. The molecule has 4 heteroatoms. The number of para-hydroxylation sites is 1. The fourth-order valence-electron chi connectivity index (χ4n) is 2.02. The van der Waals surface area contributed by atoms with Gasteiger partial charge in [-0.15, -0.1) is 0 Å². The minimum absolute atomic E-state index is 0.143. The average molecular weight is 259 g/mol. The zero-order valence-corrected chi connectivity index (χ0v) is 11.9. The molecular formula is C15H21N3O. The van der Waals surface area contributed by atoms with Gasteiger partial charge in [0.25, 0.3) is 0 Å². The summed E-state index contributed by atoms with van der Waals surface area (Å²) in [4.78, 5) is 13.7. The number of rotatable bonds is 6. The van der Waals surface area contributed by atoms with Crippen LogP contribution in [0.1, 0.15) is 31.4 Å². The largest absolute Gasteiger partial charge is 0.383 e. The van der Waals surface area contributed by atoms with Gasteiger partial charge in [-0.3, -0.25) is 4.79 Å². The van der Waals surface area contributed by atoms with Crippen LogP contribution in [0.2, 0.25) is 0 Å². The Hall–Kier alpha value is -2.02. The third-order valence-electron chi connectivity index (χ3n) is 3.15. The van der Waals surface area contributed by atoms with Crippen LogP contribution < -0.4 is 5.32 Å². The summed E-state index contributed by atoms with van der Waals surface area (Å²) in [6.45, 7) is 7.93. The molecule has 1 N–H and O–H groups in total. The Labute approximate surface area is 115 Å². The second-order valence-corrected chi connectivity index (χ2v) is 4.35. The molecule has 102 valence electrons. The number of hydrogen-bond donors (Lipinski definition) is 1. The lowest BCUT2D eigenvalue weighted by Gasteiger charge is -2.19. The highest BCUT2D eigenvalue weighted by Gasteiger charge is 2.10. The van der Waals surface area contributed by atoms with Gasteiger partial charge in [0.05, 0.1) is 11.3 Å². The molecule has 0 radical (unpaired) electrons. The van der Waals surface area contributed by atoms with E-state index < -0.39 is 0 Å². The van der Waals surface area contributed by atoms with E-state index in [0.29, 0.717) is 18.5 Å². The smallest absolute Gasteiger partial charge is 0.224 e. The molecule has 4 nitrogen and oxygen atoms in total. The molecule has 1 amide bonds. The van der Waals surface area contributed by atoms with Crippen LogP contribution >= 0.6 is 0 Å². The molecule has 0 fully saturated rings. The van der Waals surface area contributed by atoms with Gasteiger partial charge in [0.15, 0.2) is 0 Å². The molecule has 0 aliphatic heterocycles. The van der Waals surface area contributed by atoms with E-state index in [1.807, 2.05) is 37.8 Å². The van der Waals surface area contributed by atoms with E-state index in [1.54, 1.807) is 6.07 Å². The van der Waals surface area contributed by atoms with Crippen molar-refractivity contribution in [1.29, 1.82) is 5.26 Å². The van der Waals surface area contributed by atoms with E-state index in [0.717, 1.165) is 24.3 Å². The Morgan fingerprint density at radius 3 is 2.63 bits per heavy atom. The standard InChI is InChI=1S/C15H21N3O/c1-4-18(5-2)14(19)9-10-17-15-12(3)7-6-8-13(15)11-16/h6-8,17H,4-5,9-10H2,1-3H3. The fourth-order valence-corrected chi connectivity index (χ4v) is 2.02. The van der Waals surface area contributed by atoms with Gasteiger partial charge in [-0.05, 0) is 32.4 Å². The lowest BCUT2D eigenvalue weighted by Crippen LogP contribution is -2.31. The van der Waals surface area contributed by atoms with Gasteiger partial charge in [-0.2, -0.15) is 5.26 Å². The summed E-state index contributed by atoms with van der Waals surface area (Å²) in [6.07, 6.45) is 0.445. The fraction of sp³-hybridized carbons (Fsp3) is 0.467. The first-order valence-corrected chi connectivity index (χ1v) is 6.65. The zero-order valence-electron chi connectivity index (χ0n) is 11.9. The van der Waals surface area contributed by atoms with E-state index in [-0.39, 0.29) is 5.91 Å². The van der Waals surface area contributed by atoms with E-state index in [2.05, 4.69) is 11.4 Å². The first-order chi connectivity index (χ1) is 9.13. The third-order valence-corrected chi connectivity index (χ3v) is 3.15. The van der Waals surface area contributed by atoms with Crippen LogP contribution in [0.5, 0.6) is 0 Å². The molecule has 0 aromatic heterocycles. The molecule has 0 saturated heterocycles. The van der Waals surface area contributed by atoms with Crippen molar-refractivity contribution in [3.63, 3.8) is 0 Å². The molecule has 0 aliphatic carbocycles. The number of carbonyl (C=O) groups excluding carboxylic acids is 1. The van der Waals surface area contributed by atoms with Crippen LogP contribution in [-0.4, -0.2) is 30.4 Å². The number of amides is 1. The Morgan fingerprint density at radius 1 is 1.37 bits per heavy atom. The quantitative estimate of drug-likeness (QED) is 0.854. The molecule has 1 aromatic carbocycles. The number of aryl methyl sites for hydroxylation is 1. The number of nitriles is 1. The van der Waals surface area contributed by atoms with Crippen molar-refractivity contribution < 1.29 is 4.79 Å². The maximum absolute atomic E-state index is 11.9. The number of nitrogens with zero attached hydrogens (tertiary/aromatic N) is 2. The van der Waals surface area contributed by atoms with Crippen molar-refractivity contribution in [2.75, 3.05) is 25.0 Å². The molecule has 0 aliphatic rings. The van der Waals surface area contributed by atoms with Gasteiger partial charge in [-0.1, -0.05) is 12.1 Å². The highest BCUT2D eigenvalue weighted by Crippen LogP contribution is 2.19. The second-order valence-electron chi connectivity index (χ2n) is 4.35. The van der Waals surface area contributed by atoms with Gasteiger partial charge in [0.1, 0.15) is 6.07 Å². The Kier molecular flexibility index (Phi) is 5.87. The lowest BCUT2D eigenvalue weighted by atomic mass is 10.1. The van der Waals surface area contributed by atoms with Crippen LogP contribution in [0, 0.1) is 18.3 Å². The highest BCUT2D eigenvalue weighted by molar-refractivity contribution is 5.77. The molecule has 1 rings (SSSR count). The lowest BCUT2D eigenvalue weighted by molar-refractivity contribution is -0.130. The summed E-state index contributed by atoms with van der Waals surface area (Å²) in [7, 11) is 0. The van der Waals surface area contributed by atoms with Gasteiger partial charge >= 0.3 is 0 Å². The van der Waals surface area contributed by atoms with Crippen molar-refractivity contribution in [3.05, 3.63) is 29.3 Å². The number of benzene rings is 1. The Bertz CT molecular complexity index is 473. The van der Waals surface area contributed by atoms with Gasteiger partial charge in [0.2, 0.25) is 5.91 Å². The van der Waals surface area contributed by atoms with Gasteiger partial charge in [-0.25, -0.2) is 0 Å². The van der Waals surface area contributed by atoms with E-state index in [1.165, 1.54) is 0 Å². The summed E-state index contributed by atoms with van der Waals surface area (Å²) in [6, 6.07) is 7.76. The van der Waals surface area contributed by atoms with Crippen molar-refractivity contribution in [2.24, 2.45) is 0 Å². The summed E-state index contributed by atoms with van der Waals surface area (Å²) in [5, 5.41) is 12.2. The average Bonchev–Trinajstić information content (AvgIpc) is 2.41. The number of hydrogen-bond acceptors (Lipinski definition) is 3. The minimum atomic E-state index is 0.143. The third kappa shape index (κ3) is 3.99. The minimum Gasteiger partial charge on any atom is -0.383 e. The van der Waals surface area contributed by atoms with Crippen LogP contribution in [0.4, 0.5) is 5.69 Å². The molecule has 0 unspecified atom stereocenters. The van der Waals surface area contributed by atoms with Crippen LogP contribution in [0.25, 0.3) is 0 Å². The Morgan fingerprint density at radius 2 is 2.05 bits per heavy atom. The van der Waals surface area contributed by atoms with E-state index in [4.69, 9.17) is 5.26 Å². The van der Waals surface area contributed by atoms with Crippen molar-refractivity contribution in [1.82, 2.24) is 4.90 Å². The predicted octanol–water partition coefficient (Wildman–Crippen LogP) is 2.54. The topological polar surface area (TPSA) is 56.1 Å². The predicted molar refractivity (Wildman–Crippen MR) is 76.9 cm³/mol. The summed E-state index contributed by atoms with van der Waals surface area (Å²) in [5.74, 6) is 0.143. The molecular weight excluding hydrogens is 238 g/mol. The first kappa shape index (κ1) is 15.0. The molecule has 0 atom stereocenters. The second kappa shape index (κ2) is 7.42. The number of anilines is 1. The van der Waals surface area contributed by atoms with Crippen molar-refractivity contribution >= 4 is 11.6 Å². The normalized spacial score (nSPS) is 9.79. The van der Waals surface area contributed by atoms with Crippen molar-refractivity contribution in [2.45, 2.75) is 27.2 Å². The summed E-state index contributed by atoms with van der Waals surface area (Å²) in [5.41, 5.74) is 2.47. The van der Waals surface area contributed by atoms with Gasteiger partial charge in [0, 0.05) is 26.1 Å². The molecule has 0 saturated carbocycles. The first-order valence-electron chi connectivity index (χ1n) is 6.65. The Balaban J connectivity index is 2.59. The number of nitrogens with one attached hydrogen (secondary N) is 1. The van der Waals surface area contributed by atoms with Crippen LogP contribution in [0.3, 0.4) is 0 Å². The highest BCUT2D eigenvalue weighted by atomic mass is 16.2. The van der Waals surface area contributed by atoms with Gasteiger partial charge < -0.3 is 10.2 Å². The summed E-state index contributed by atoms with van der Waals surface area (Å²) < 4.78 is 0.